The van der Waals surface area contributed by atoms with Crippen LogP contribution in [0.4, 0.5) is 5.69 Å². The molecule has 0 aromatic carbocycles. The molecule has 1 N–H and O–H groups in total. The molecule has 94 valence electrons. The summed E-state index contributed by atoms with van der Waals surface area (Å²) in [6.07, 6.45) is 4.99. The summed E-state index contributed by atoms with van der Waals surface area (Å²) in [6.45, 7) is 2.43. The number of hydrogen-bond acceptors (Lipinski definition) is 4. The van der Waals surface area contributed by atoms with Gasteiger partial charge in [0.05, 0.1) is 18.4 Å². The highest BCUT2D eigenvalue weighted by molar-refractivity contribution is 9.10. The van der Waals surface area contributed by atoms with Crippen molar-refractivity contribution in [2.24, 2.45) is 0 Å². The quantitative estimate of drug-likeness (QED) is 0.874. The van der Waals surface area contributed by atoms with Crippen molar-refractivity contribution in [2.75, 3.05) is 5.32 Å². The molecule has 0 spiro atoms. The van der Waals surface area contributed by atoms with Gasteiger partial charge in [-0.25, -0.2) is 9.97 Å². The van der Waals surface area contributed by atoms with Crippen molar-refractivity contribution in [3.63, 3.8) is 0 Å². The second kappa shape index (κ2) is 5.72. The maximum Gasteiger partial charge on any atom is 0.226 e. The highest BCUT2D eigenvalue weighted by Crippen LogP contribution is 2.16. The van der Waals surface area contributed by atoms with Crippen molar-refractivity contribution in [3.05, 3.63) is 35.1 Å². The van der Waals surface area contributed by atoms with Gasteiger partial charge in [-0.1, -0.05) is 0 Å². The lowest BCUT2D eigenvalue weighted by Crippen LogP contribution is -2.15. The summed E-state index contributed by atoms with van der Waals surface area (Å²) in [5, 5.41) is 6.72. The molecular weight excluding hydrogens is 298 g/mol. The number of carbonyl (C=O) groups is 1. The van der Waals surface area contributed by atoms with Crippen LogP contribution < -0.4 is 5.32 Å². The minimum Gasteiger partial charge on any atom is -0.325 e. The summed E-state index contributed by atoms with van der Waals surface area (Å²) >= 11 is 3.31. The predicted molar refractivity (Wildman–Crippen MR) is 69.9 cm³/mol. The standard InChI is InChI=1S/C11H12BrN5O/c1-8-4-9(5-14-11(8)12)16-10(18)2-3-17-7-13-6-15-17/h4-7H,2-3H2,1H3,(H,16,18). The third-order valence-electron chi connectivity index (χ3n) is 2.33. The summed E-state index contributed by atoms with van der Waals surface area (Å²) in [6, 6.07) is 1.87. The molecule has 0 radical (unpaired) electrons. The molecule has 2 heterocycles. The first-order chi connectivity index (χ1) is 8.65. The van der Waals surface area contributed by atoms with E-state index >= 15 is 0 Å². The Labute approximate surface area is 113 Å². The zero-order valence-corrected chi connectivity index (χ0v) is 11.4. The Morgan fingerprint density at radius 1 is 1.56 bits per heavy atom. The van der Waals surface area contributed by atoms with Gasteiger partial charge in [0.15, 0.2) is 0 Å². The fourth-order valence-electron chi connectivity index (χ4n) is 1.41. The van der Waals surface area contributed by atoms with Crippen LogP contribution in [0, 0.1) is 6.92 Å². The monoisotopic (exact) mass is 309 g/mol. The number of hydrogen-bond donors (Lipinski definition) is 1. The van der Waals surface area contributed by atoms with Crippen LogP contribution in [0.3, 0.4) is 0 Å². The molecule has 0 aliphatic carbocycles. The molecule has 2 aromatic rings. The zero-order chi connectivity index (χ0) is 13.0. The summed E-state index contributed by atoms with van der Waals surface area (Å²) in [5.74, 6) is -0.0750. The normalized spacial score (nSPS) is 10.3. The van der Waals surface area contributed by atoms with Crippen molar-refractivity contribution >= 4 is 27.5 Å². The summed E-state index contributed by atoms with van der Waals surface area (Å²) < 4.78 is 2.40. The molecule has 18 heavy (non-hydrogen) atoms. The van der Waals surface area contributed by atoms with E-state index in [1.54, 1.807) is 17.2 Å². The molecule has 0 saturated heterocycles. The molecule has 2 aromatic heterocycles. The molecule has 0 aliphatic heterocycles. The van der Waals surface area contributed by atoms with E-state index in [0.717, 1.165) is 10.2 Å². The van der Waals surface area contributed by atoms with E-state index in [1.165, 1.54) is 6.33 Å². The van der Waals surface area contributed by atoms with Crippen molar-refractivity contribution in [2.45, 2.75) is 19.9 Å². The minimum atomic E-state index is -0.0750. The number of nitrogens with zero attached hydrogens (tertiary/aromatic N) is 4. The van der Waals surface area contributed by atoms with Crippen LogP contribution in [-0.4, -0.2) is 25.7 Å². The summed E-state index contributed by atoms with van der Waals surface area (Å²) in [5.41, 5.74) is 1.67. The number of aromatic nitrogens is 4. The number of pyridine rings is 1. The Morgan fingerprint density at radius 2 is 2.39 bits per heavy atom. The molecule has 1 amide bonds. The fourth-order valence-corrected chi connectivity index (χ4v) is 1.63. The number of aryl methyl sites for hydroxylation is 2. The molecule has 0 unspecified atom stereocenters. The molecule has 0 bridgehead atoms. The molecular formula is C11H12BrN5O. The number of rotatable bonds is 4. The van der Waals surface area contributed by atoms with Crippen molar-refractivity contribution < 1.29 is 4.79 Å². The highest BCUT2D eigenvalue weighted by atomic mass is 79.9. The molecule has 0 fully saturated rings. The van der Waals surface area contributed by atoms with E-state index < -0.39 is 0 Å². The lowest BCUT2D eigenvalue weighted by molar-refractivity contribution is -0.116. The van der Waals surface area contributed by atoms with Gasteiger partial charge in [-0.2, -0.15) is 5.10 Å². The second-order valence-corrected chi connectivity index (χ2v) is 4.54. The average molecular weight is 310 g/mol. The highest BCUT2D eigenvalue weighted by Gasteiger charge is 2.05. The minimum absolute atomic E-state index is 0.0750. The van der Waals surface area contributed by atoms with E-state index in [2.05, 4.69) is 36.3 Å². The topological polar surface area (TPSA) is 72.7 Å². The largest absolute Gasteiger partial charge is 0.325 e. The number of nitrogens with one attached hydrogen (secondary N) is 1. The molecule has 0 saturated carbocycles. The maximum atomic E-state index is 11.7. The first kappa shape index (κ1) is 12.7. The maximum absolute atomic E-state index is 11.7. The lowest BCUT2D eigenvalue weighted by Gasteiger charge is -2.06. The summed E-state index contributed by atoms with van der Waals surface area (Å²) in [4.78, 5) is 19.6. The smallest absolute Gasteiger partial charge is 0.226 e. The van der Waals surface area contributed by atoms with Gasteiger partial charge in [0.2, 0.25) is 5.91 Å². The molecule has 0 atom stereocenters. The van der Waals surface area contributed by atoms with Crippen molar-refractivity contribution in [1.29, 1.82) is 0 Å². The Bertz CT molecular complexity index is 540. The lowest BCUT2D eigenvalue weighted by atomic mass is 10.3. The van der Waals surface area contributed by atoms with Gasteiger partial charge in [-0.15, -0.1) is 0 Å². The van der Waals surface area contributed by atoms with E-state index in [0.29, 0.717) is 18.7 Å². The molecule has 2 rings (SSSR count). The number of amides is 1. The van der Waals surface area contributed by atoms with Crippen LogP contribution in [0.15, 0.2) is 29.5 Å². The van der Waals surface area contributed by atoms with Crippen molar-refractivity contribution in [3.8, 4) is 0 Å². The Balaban J connectivity index is 1.88. The van der Waals surface area contributed by atoms with Gasteiger partial charge in [0.1, 0.15) is 17.3 Å². The van der Waals surface area contributed by atoms with E-state index in [9.17, 15) is 4.79 Å². The van der Waals surface area contributed by atoms with Crippen LogP contribution in [0.1, 0.15) is 12.0 Å². The molecule has 0 aliphatic rings. The van der Waals surface area contributed by atoms with Gasteiger partial charge in [-0.05, 0) is 34.5 Å². The zero-order valence-electron chi connectivity index (χ0n) is 9.80. The van der Waals surface area contributed by atoms with Crippen LogP contribution in [0.2, 0.25) is 0 Å². The third kappa shape index (κ3) is 3.36. The van der Waals surface area contributed by atoms with E-state index in [4.69, 9.17) is 0 Å². The first-order valence-electron chi connectivity index (χ1n) is 5.39. The number of carbonyl (C=O) groups excluding carboxylic acids is 1. The van der Waals surface area contributed by atoms with Gasteiger partial charge in [-0.3, -0.25) is 9.48 Å². The Kier molecular flexibility index (Phi) is 4.03. The van der Waals surface area contributed by atoms with Gasteiger partial charge in [0, 0.05) is 6.42 Å². The van der Waals surface area contributed by atoms with Crippen LogP contribution in [0.25, 0.3) is 0 Å². The Morgan fingerprint density at radius 3 is 3.06 bits per heavy atom. The van der Waals surface area contributed by atoms with Gasteiger partial charge < -0.3 is 5.32 Å². The molecule has 7 heteroatoms. The van der Waals surface area contributed by atoms with Crippen molar-refractivity contribution in [1.82, 2.24) is 19.7 Å². The van der Waals surface area contributed by atoms with E-state index in [-0.39, 0.29) is 5.91 Å². The number of anilines is 1. The van der Waals surface area contributed by atoms with Gasteiger partial charge in [0.25, 0.3) is 0 Å². The van der Waals surface area contributed by atoms with Crippen LogP contribution in [0.5, 0.6) is 0 Å². The van der Waals surface area contributed by atoms with Crippen LogP contribution in [-0.2, 0) is 11.3 Å². The van der Waals surface area contributed by atoms with Gasteiger partial charge >= 0.3 is 0 Å². The number of halogens is 1. The predicted octanol–water partition coefficient (Wildman–Crippen LogP) is 1.77. The van der Waals surface area contributed by atoms with Crippen LogP contribution >= 0.6 is 15.9 Å². The SMILES string of the molecule is Cc1cc(NC(=O)CCn2cncn2)cnc1Br. The average Bonchev–Trinajstić information content (AvgIpc) is 2.84. The Hall–Kier alpha value is -1.76. The third-order valence-corrected chi connectivity index (χ3v) is 3.16. The second-order valence-electron chi connectivity index (χ2n) is 3.79. The fraction of sp³-hybridized carbons (Fsp3) is 0.273. The molecule has 6 nitrogen and oxygen atoms in total. The summed E-state index contributed by atoms with van der Waals surface area (Å²) in [7, 11) is 0. The first-order valence-corrected chi connectivity index (χ1v) is 6.19. The van der Waals surface area contributed by atoms with E-state index in [1.807, 2.05) is 13.0 Å².